The van der Waals surface area contributed by atoms with E-state index in [1.54, 1.807) is 0 Å². The highest BCUT2D eigenvalue weighted by molar-refractivity contribution is 5.77. The highest BCUT2D eigenvalue weighted by atomic mass is 15.0. The van der Waals surface area contributed by atoms with Gasteiger partial charge in [-0.15, -0.1) is 0 Å². The standard InChI is InChI=1S/C38H31N3/c1-38(2)33-23-12-11-21-31(33)32-22-10-9-18-29(25-34(32)38)28-19-13-20-30(24-28)37-40-35(26-14-5-3-6-15-26)39-36(41-37)27-16-7-4-8-17-27/h3-8,12-17,19-20,23-25H,11,18,21-22H2,1-2H3/b29-25+. The molecule has 0 amide bonds. The zero-order chi connectivity index (χ0) is 27.8. The molecular formula is C38H31N3. The monoisotopic (exact) mass is 529 g/mol. The summed E-state index contributed by atoms with van der Waals surface area (Å²) in [6.07, 6.45) is 10.9. The van der Waals surface area contributed by atoms with E-state index in [9.17, 15) is 0 Å². The number of hydrogen-bond acceptors (Lipinski definition) is 3. The Morgan fingerprint density at radius 3 is 1.88 bits per heavy atom. The van der Waals surface area contributed by atoms with Crippen LogP contribution in [0.25, 0.3) is 39.7 Å². The minimum Gasteiger partial charge on any atom is -0.208 e. The summed E-state index contributed by atoms with van der Waals surface area (Å²) in [5, 5.41) is 0. The van der Waals surface area contributed by atoms with E-state index in [2.05, 4.69) is 68.2 Å². The molecule has 3 aliphatic rings. The second-order valence-corrected chi connectivity index (χ2v) is 11.3. The van der Waals surface area contributed by atoms with E-state index >= 15 is 0 Å². The average Bonchev–Trinajstić information content (AvgIpc) is 3.22. The fourth-order valence-corrected chi connectivity index (χ4v) is 6.23. The molecule has 7 rings (SSSR count). The number of allylic oxidation sites excluding steroid dienone is 8. The van der Waals surface area contributed by atoms with Crippen LogP contribution in [0.2, 0.25) is 0 Å². The van der Waals surface area contributed by atoms with Gasteiger partial charge in [-0.1, -0.05) is 123 Å². The van der Waals surface area contributed by atoms with Gasteiger partial charge in [0.05, 0.1) is 0 Å². The Bertz CT molecular complexity index is 1780. The smallest absolute Gasteiger partial charge is 0.164 e. The average molecular weight is 530 g/mol. The lowest BCUT2D eigenvalue weighted by atomic mass is 9.77. The first-order chi connectivity index (χ1) is 20.1. The molecule has 0 bridgehead atoms. The number of nitrogens with zero attached hydrogens (tertiary/aromatic N) is 3. The van der Waals surface area contributed by atoms with Gasteiger partial charge in [-0.2, -0.15) is 0 Å². The Balaban J connectivity index is 1.33. The molecule has 4 aromatic rings. The lowest BCUT2D eigenvalue weighted by Gasteiger charge is -2.26. The van der Waals surface area contributed by atoms with Crippen molar-refractivity contribution in [3.05, 3.63) is 131 Å². The van der Waals surface area contributed by atoms with Gasteiger partial charge in [0.1, 0.15) is 0 Å². The molecule has 0 N–H and O–H groups in total. The molecule has 0 saturated heterocycles. The van der Waals surface area contributed by atoms with Crippen molar-refractivity contribution in [2.45, 2.75) is 39.5 Å². The molecule has 3 nitrogen and oxygen atoms in total. The van der Waals surface area contributed by atoms with Crippen molar-refractivity contribution in [2.75, 3.05) is 0 Å². The van der Waals surface area contributed by atoms with Gasteiger partial charge >= 0.3 is 0 Å². The van der Waals surface area contributed by atoms with Crippen LogP contribution in [0.5, 0.6) is 0 Å². The van der Waals surface area contributed by atoms with Crippen LogP contribution in [0.3, 0.4) is 0 Å². The Hall–Kier alpha value is -4.81. The molecule has 0 fully saturated rings. The largest absolute Gasteiger partial charge is 0.208 e. The van der Waals surface area contributed by atoms with Crippen LogP contribution < -0.4 is 0 Å². The van der Waals surface area contributed by atoms with Crippen LogP contribution >= 0.6 is 0 Å². The first kappa shape index (κ1) is 25.2. The zero-order valence-corrected chi connectivity index (χ0v) is 23.5. The zero-order valence-electron chi connectivity index (χ0n) is 23.5. The molecule has 198 valence electrons. The van der Waals surface area contributed by atoms with E-state index in [1.807, 2.05) is 60.7 Å². The maximum Gasteiger partial charge on any atom is 0.164 e. The third-order valence-electron chi connectivity index (χ3n) is 8.39. The third-order valence-corrected chi connectivity index (χ3v) is 8.39. The fraction of sp³-hybridized carbons (Fsp3) is 0.184. The van der Waals surface area contributed by atoms with Crippen molar-refractivity contribution < 1.29 is 0 Å². The molecule has 0 saturated carbocycles. The van der Waals surface area contributed by atoms with Crippen LogP contribution in [0.4, 0.5) is 0 Å². The van der Waals surface area contributed by atoms with Gasteiger partial charge in [0.25, 0.3) is 0 Å². The first-order valence-electron chi connectivity index (χ1n) is 14.4. The topological polar surface area (TPSA) is 38.7 Å². The molecular weight excluding hydrogens is 498 g/mol. The predicted molar refractivity (Wildman–Crippen MR) is 167 cm³/mol. The molecule has 0 radical (unpaired) electrons. The maximum absolute atomic E-state index is 4.95. The maximum atomic E-state index is 4.95. The molecule has 3 heteroatoms. The van der Waals surface area contributed by atoms with Gasteiger partial charge in [-0.25, -0.2) is 15.0 Å². The van der Waals surface area contributed by atoms with E-state index in [0.717, 1.165) is 47.9 Å². The van der Waals surface area contributed by atoms with Crippen LogP contribution in [0, 0.1) is 17.3 Å². The molecule has 3 aromatic carbocycles. The van der Waals surface area contributed by atoms with Crippen molar-refractivity contribution in [1.82, 2.24) is 15.0 Å². The molecule has 0 atom stereocenters. The van der Waals surface area contributed by atoms with E-state index in [4.69, 9.17) is 15.0 Å². The molecule has 41 heavy (non-hydrogen) atoms. The second kappa shape index (κ2) is 10.3. The van der Waals surface area contributed by atoms with Crippen LogP contribution in [0.15, 0.2) is 125 Å². The Labute approximate surface area is 242 Å². The number of rotatable bonds is 4. The Kier molecular flexibility index (Phi) is 6.33. The van der Waals surface area contributed by atoms with Gasteiger partial charge in [0.2, 0.25) is 0 Å². The van der Waals surface area contributed by atoms with Crippen LogP contribution in [0.1, 0.15) is 45.1 Å². The van der Waals surface area contributed by atoms with Crippen molar-refractivity contribution in [3.8, 4) is 46.0 Å². The normalized spacial score (nSPS) is 18.4. The van der Waals surface area contributed by atoms with E-state index in [0.29, 0.717) is 17.5 Å². The minimum atomic E-state index is -0.0210. The van der Waals surface area contributed by atoms with Crippen molar-refractivity contribution in [1.29, 1.82) is 0 Å². The molecule has 1 aromatic heterocycles. The number of benzene rings is 3. The van der Waals surface area contributed by atoms with E-state index in [1.165, 1.54) is 27.9 Å². The van der Waals surface area contributed by atoms with Crippen LogP contribution in [-0.4, -0.2) is 15.0 Å². The Morgan fingerprint density at radius 1 is 0.610 bits per heavy atom. The highest BCUT2D eigenvalue weighted by Crippen LogP contribution is 2.52. The number of hydrogen-bond donors (Lipinski definition) is 0. The lowest BCUT2D eigenvalue weighted by molar-refractivity contribution is 0.571. The fourth-order valence-electron chi connectivity index (χ4n) is 6.23. The summed E-state index contributed by atoms with van der Waals surface area (Å²) in [5.41, 5.74) is 11.1. The lowest BCUT2D eigenvalue weighted by Crippen LogP contribution is -2.14. The number of aromatic nitrogens is 3. The molecule has 0 spiro atoms. The van der Waals surface area contributed by atoms with Gasteiger partial charge in [0.15, 0.2) is 17.5 Å². The van der Waals surface area contributed by atoms with Gasteiger partial charge in [-0.05, 0) is 52.3 Å². The Morgan fingerprint density at radius 2 is 1.20 bits per heavy atom. The van der Waals surface area contributed by atoms with Gasteiger partial charge in [-0.3, -0.25) is 0 Å². The van der Waals surface area contributed by atoms with Crippen molar-refractivity contribution in [3.63, 3.8) is 0 Å². The highest BCUT2D eigenvalue weighted by Gasteiger charge is 2.38. The number of fused-ring (bicyclic) bond motifs is 1. The predicted octanol–water partition coefficient (Wildman–Crippen LogP) is 9.04. The second-order valence-electron chi connectivity index (χ2n) is 11.3. The van der Waals surface area contributed by atoms with Crippen molar-refractivity contribution in [2.24, 2.45) is 5.41 Å². The van der Waals surface area contributed by atoms with Gasteiger partial charge in [0, 0.05) is 34.9 Å². The quantitative estimate of drug-likeness (QED) is 0.248. The summed E-state index contributed by atoms with van der Waals surface area (Å²) in [7, 11) is 0. The first-order valence-corrected chi connectivity index (χ1v) is 14.4. The SMILES string of the molecule is CC1(C)C2=C(CCC=C2)C2=C1/C=C(/c1cccc(-c3nc(-c4ccccc4)nc(-c4ccccc4)n3)c1)CC#CC2. The van der Waals surface area contributed by atoms with Crippen molar-refractivity contribution >= 4 is 5.57 Å². The summed E-state index contributed by atoms with van der Waals surface area (Å²) in [6.45, 7) is 4.72. The van der Waals surface area contributed by atoms with Gasteiger partial charge < -0.3 is 0 Å². The molecule has 0 unspecified atom stereocenters. The summed E-state index contributed by atoms with van der Waals surface area (Å²) in [4.78, 5) is 14.8. The van der Waals surface area contributed by atoms with Crippen LogP contribution in [-0.2, 0) is 0 Å². The summed E-state index contributed by atoms with van der Waals surface area (Å²) in [5.74, 6) is 8.95. The summed E-state index contributed by atoms with van der Waals surface area (Å²) < 4.78 is 0. The minimum absolute atomic E-state index is 0.0210. The molecule has 1 heterocycles. The van der Waals surface area contributed by atoms with E-state index in [-0.39, 0.29) is 5.41 Å². The third kappa shape index (κ3) is 4.66. The molecule has 0 aliphatic heterocycles. The molecule has 3 aliphatic carbocycles. The summed E-state index contributed by atoms with van der Waals surface area (Å²) >= 11 is 0. The van der Waals surface area contributed by atoms with E-state index < -0.39 is 0 Å². The summed E-state index contributed by atoms with van der Waals surface area (Å²) in [6, 6.07) is 28.8.